The van der Waals surface area contributed by atoms with Crippen molar-refractivity contribution in [3.05, 3.63) is 109 Å². The number of hydrogen-bond donors (Lipinski definition) is 1. The summed E-state index contributed by atoms with van der Waals surface area (Å²) in [4.78, 5) is 32.5. The second-order valence-corrected chi connectivity index (χ2v) is 11.5. The SMILES string of the molecule is C[I-]/C=C/CCCc1cc(O)c(C(=O)/C(C)=C/c2cnc(Oc3ccc(F)c(-c4ccccc4)c3)s2)c(=O)o1. The van der Waals surface area contributed by atoms with E-state index >= 15 is 0 Å². The Labute approximate surface area is 239 Å². The van der Waals surface area contributed by atoms with Gasteiger partial charge in [-0.05, 0) is 23.8 Å². The Balaban J connectivity index is 1.46. The predicted octanol–water partition coefficient (Wildman–Crippen LogP) is 4.24. The van der Waals surface area contributed by atoms with E-state index in [-0.39, 0.29) is 32.6 Å². The number of ether oxygens (including phenoxy) is 1. The first-order valence-corrected chi connectivity index (χ1v) is 16.3. The van der Waals surface area contributed by atoms with Gasteiger partial charge >= 0.3 is 128 Å². The van der Waals surface area contributed by atoms with Crippen LogP contribution in [0.5, 0.6) is 16.7 Å². The number of aryl methyl sites for hydroxylation is 1. The molecule has 39 heavy (non-hydrogen) atoms. The zero-order valence-electron chi connectivity index (χ0n) is 21.3. The summed E-state index contributed by atoms with van der Waals surface area (Å²) in [6.07, 6.45) is 7.31. The summed E-state index contributed by atoms with van der Waals surface area (Å²) < 4.78 is 27.7. The van der Waals surface area contributed by atoms with Crippen molar-refractivity contribution in [3.63, 3.8) is 0 Å². The number of carbonyl (C=O) groups is 1. The van der Waals surface area contributed by atoms with Gasteiger partial charge < -0.3 is 4.74 Å². The van der Waals surface area contributed by atoms with Crippen molar-refractivity contribution < 1.29 is 44.7 Å². The van der Waals surface area contributed by atoms with Gasteiger partial charge in [0.25, 0.3) is 5.19 Å². The first-order valence-electron chi connectivity index (χ1n) is 12.1. The Morgan fingerprint density at radius 3 is 2.74 bits per heavy atom. The number of benzene rings is 2. The molecule has 0 saturated heterocycles. The number of halogens is 2. The second-order valence-electron chi connectivity index (χ2n) is 8.53. The number of aromatic nitrogens is 1. The van der Waals surface area contributed by atoms with Gasteiger partial charge in [-0.3, -0.25) is 0 Å². The van der Waals surface area contributed by atoms with E-state index in [1.807, 2.05) is 30.3 Å². The van der Waals surface area contributed by atoms with Crippen molar-refractivity contribution in [1.29, 1.82) is 0 Å². The van der Waals surface area contributed by atoms with E-state index in [0.717, 1.165) is 18.4 Å². The first kappa shape index (κ1) is 28.4. The normalized spacial score (nSPS) is 11.8. The molecule has 0 unspecified atom stereocenters. The number of unbranched alkanes of at least 4 members (excludes halogenated alkanes) is 1. The molecule has 0 radical (unpaired) electrons. The minimum atomic E-state index is -0.864. The van der Waals surface area contributed by atoms with Gasteiger partial charge in [-0.25, -0.2) is 9.37 Å². The molecule has 0 aliphatic rings. The maximum atomic E-state index is 14.4. The van der Waals surface area contributed by atoms with Crippen LogP contribution in [0.2, 0.25) is 0 Å². The number of allylic oxidation sites excluding steroid dienone is 2. The Bertz CT molecular complexity index is 1580. The maximum absolute atomic E-state index is 14.4. The van der Waals surface area contributed by atoms with E-state index in [1.165, 1.54) is 35.7 Å². The van der Waals surface area contributed by atoms with Crippen molar-refractivity contribution in [2.45, 2.75) is 26.2 Å². The average Bonchev–Trinajstić information content (AvgIpc) is 3.36. The number of carbonyl (C=O) groups excluding carboxylic acids is 1. The molecule has 0 saturated carbocycles. The molecule has 2 aromatic carbocycles. The van der Waals surface area contributed by atoms with Crippen LogP contribution in [0.15, 0.2) is 85.7 Å². The number of aromatic hydroxyl groups is 1. The van der Waals surface area contributed by atoms with Crippen LogP contribution in [-0.2, 0) is 6.42 Å². The molecular weight excluding hydrogens is 632 g/mol. The molecule has 202 valence electrons. The van der Waals surface area contributed by atoms with Crippen LogP contribution in [0, 0.1) is 5.82 Å². The van der Waals surface area contributed by atoms with Crippen LogP contribution >= 0.6 is 11.3 Å². The number of Topliss-reactive ketones (excluding diaryl/α,β-unsaturated/α-hetero) is 1. The van der Waals surface area contributed by atoms with E-state index in [2.05, 4.69) is 20.1 Å². The fourth-order valence-electron chi connectivity index (χ4n) is 3.77. The molecule has 2 aromatic heterocycles. The van der Waals surface area contributed by atoms with Crippen molar-refractivity contribution in [2.75, 3.05) is 4.93 Å². The van der Waals surface area contributed by atoms with Crippen molar-refractivity contribution in [1.82, 2.24) is 4.98 Å². The van der Waals surface area contributed by atoms with Gasteiger partial charge in [0, 0.05) is 11.8 Å². The minimum absolute atomic E-state index is 0.105. The summed E-state index contributed by atoms with van der Waals surface area (Å²) >= 11 is 1.28. The van der Waals surface area contributed by atoms with Crippen molar-refractivity contribution in [2.24, 2.45) is 0 Å². The standard InChI is InChI=1S/C30H26FINO5S/c1-19(28(35)27-26(34)17-21(37-29(27)36)11-7-4-8-14-32-2)15-23-18-33-30(39-23)38-22-12-13-25(31)24(16-22)20-9-5-3-6-10-20/h3,5-6,8-10,12-18,34H,4,7,11H2,1-2H3/q-1/b14-8+,19-15+. The molecule has 4 aromatic rings. The summed E-state index contributed by atoms with van der Waals surface area (Å²) in [5.41, 5.74) is 0.0934. The Morgan fingerprint density at radius 2 is 2.00 bits per heavy atom. The van der Waals surface area contributed by atoms with Gasteiger partial charge in [0.05, 0.1) is 4.88 Å². The van der Waals surface area contributed by atoms with E-state index in [9.17, 15) is 19.1 Å². The van der Waals surface area contributed by atoms with E-state index in [1.54, 1.807) is 19.1 Å². The molecule has 0 amide bonds. The number of ketones is 1. The average molecular weight is 659 g/mol. The molecule has 1 N–H and O–H groups in total. The summed E-state index contributed by atoms with van der Waals surface area (Å²) in [5.74, 6) is -0.636. The molecule has 4 rings (SSSR count). The van der Waals surface area contributed by atoms with Crippen molar-refractivity contribution in [3.8, 4) is 27.8 Å². The molecule has 0 atom stereocenters. The molecular formula is C30H26FINO5S-. The summed E-state index contributed by atoms with van der Waals surface area (Å²) in [5, 5.41) is 10.7. The molecule has 0 fully saturated rings. The van der Waals surface area contributed by atoms with Gasteiger partial charge in [-0.1, -0.05) is 41.7 Å². The van der Waals surface area contributed by atoms with Crippen LogP contribution in [0.25, 0.3) is 17.2 Å². The third kappa shape index (κ3) is 7.51. The van der Waals surface area contributed by atoms with E-state index in [0.29, 0.717) is 33.6 Å². The predicted molar refractivity (Wildman–Crippen MR) is 147 cm³/mol. The van der Waals surface area contributed by atoms with E-state index < -0.39 is 22.7 Å². The molecule has 9 heteroatoms. The molecule has 6 nitrogen and oxygen atoms in total. The third-order valence-corrected chi connectivity index (χ3v) is 7.71. The number of thiazole rings is 1. The second kappa shape index (κ2) is 13.5. The van der Waals surface area contributed by atoms with Crippen LogP contribution < -0.4 is 31.6 Å². The fraction of sp³-hybridized carbons (Fsp3) is 0.167. The van der Waals surface area contributed by atoms with Crippen LogP contribution in [0.1, 0.15) is 40.8 Å². The summed E-state index contributed by atoms with van der Waals surface area (Å²) in [6, 6.07) is 14.9. The van der Waals surface area contributed by atoms with Gasteiger partial charge in [0.1, 0.15) is 11.6 Å². The van der Waals surface area contributed by atoms with Crippen LogP contribution in [0.4, 0.5) is 4.39 Å². The molecule has 2 heterocycles. The van der Waals surface area contributed by atoms with Crippen molar-refractivity contribution >= 4 is 23.2 Å². The molecule has 0 bridgehead atoms. The summed E-state index contributed by atoms with van der Waals surface area (Å²) in [7, 11) is 0. The zero-order chi connectivity index (χ0) is 27.8. The summed E-state index contributed by atoms with van der Waals surface area (Å²) in [6.45, 7) is 1.55. The number of rotatable bonds is 11. The topological polar surface area (TPSA) is 89.6 Å². The van der Waals surface area contributed by atoms with Gasteiger partial charge in [0.2, 0.25) is 0 Å². The monoisotopic (exact) mass is 658 g/mol. The van der Waals surface area contributed by atoms with Crippen LogP contribution in [-0.4, -0.2) is 20.8 Å². The number of hydrogen-bond acceptors (Lipinski definition) is 7. The fourth-order valence-corrected chi connectivity index (χ4v) is 5.43. The van der Waals surface area contributed by atoms with Gasteiger partial charge in [-0.15, -0.1) is 0 Å². The molecule has 0 aliphatic carbocycles. The Kier molecular flexibility index (Phi) is 9.83. The van der Waals surface area contributed by atoms with Gasteiger partial charge in [-0.2, -0.15) is 0 Å². The molecule has 0 aliphatic heterocycles. The quantitative estimate of drug-likeness (QED) is 0.0854. The third-order valence-electron chi connectivity index (χ3n) is 5.66. The zero-order valence-corrected chi connectivity index (χ0v) is 24.3. The number of nitrogens with zero attached hydrogens (tertiary/aromatic N) is 1. The molecule has 0 spiro atoms. The van der Waals surface area contributed by atoms with Gasteiger partial charge in [0.15, 0.2) is 0 Å². The van der Waals surface area contributed by atoms with E-state index in [4.69, 9.17) is 9.15 Å². The Morgan fingerprint density at radius 1 is 1.21 bits per heavy atom. The Hall–Kier alpha value is -3.57. The number of alkyl halides is 1. The first-order chi connectivity index (χ1) is 18.9. The van der Waals surface area contributed by atoms with Crippen LogP contribution in [0.3, 0.4) is 0 Å².